The molecule has 0 N–H and O–H groups in total. The number of hydrogen-bond acceptors (Lipinski definition) is 4. The molecule has 0 unspecified atom stereocenters. The number of benzene rings is 1. The molecule has 4 nitrogen and oxygen atoms in total. The minimum atomic E-state index is -3.71. The molecule has 0 aromatic heterocycles. The number of aryl methyl sites for hydroxylation is 2. The number of methoxy groups -OCH3 is 1. The van der Waals surface area contributed by atoms with Crippen LogP contribution in [0.5, 0.6) is 5.75 Å². The zero-order valence-electron chi connectivity index (χ0n) is 9.99. The molecule has 1 aromatic carbocycles. The molecular weight excluding hydrogens is 264 g/mol. The molecule has 0 saturated heterocycles. The number of halogens is 1. The van der Waals surface area contributed by atoms with Gasteiger partial charge in [-0.3, -0.25) is 0 Å². The largest absolute Gasteiger partial charge is 0.491 e. The summed E-state index contributed by atoms with van der Waals surface area (Å²) in [5.41, 5.74) is 1.30. The van der Waals surface area contributed by atoms with E-state index in [0.717, 1.165) is 5.56 Å². The summed E-state index contributed by atoms with van der Waals surface area (Å²) in [6.07, 6.45) is 0. The molecular formula is C11H15ClO4S. The van der Waals surface area contributed by atoms with Crippen molar-refractivity contribution in [3.05, 3.63) is 23.3 Å². The van der Waals surface area contributed by atoms with Crippen LogP contribution in [0.3, 0.4) is 0 Å². The second kappa shape index (κ2) is 5.71. The van der Waals surface area contributed by atoms with Crippen LogP contribution >= 0.6 is 10.7 Å². The van der Waals surface area contributed by atoms with Crippen molar-refractivity contribution in [2.24, 2.45) is 0 Å². The van der Waals surface area contributed by atoms with Crippen LogP contribution in [0.1, 0.15) is 11.1 Å². The van der Waals surface area contributed by atoms with Crippen molar-refractivity contribution in [2.75, 3.05) is 20.3 Å². The van der Waals surface area contributed by atoms with Gasteiger partial charge >= 0.3 is 0 Å². The second-order valence-corrected chi connectivity index (χ2v) is 6.20. The van der Waals surface area contributed by atoms with E-state index in [0.29, 0.717) is 24.5 Å². The third kappa shape index (κ3) is 3.87. The highest BCUT2D eigenvalue weighted by molar-refractivity contribution is 8.13. The zero-order chi connectivity index (χ0) is 13.1. The van der Waals surface area contributed by atoms with E-state index in [1.54, 1.807) is 27.0 Å². The van der Waals surface area contributed by atoms with Gasteiger partial charge in [-0.2, -0.15) is 0 Å². The molecule has 1 rings (SSSR count). The number of ether oxygens (including phenoxy) is 2. The molecule has 0 aliphatic carbocycles. The van der Waals surface area contributed by atoms with E-state index in [-0.39, 0.29) is 4.90 Å². The molecule has 0 amide bonds. The van der Waals surface area contributed by atoms with Gasteiger partial charge in [-0.05, 0) is 37.1 Å². The summed E-state index contributed by atoms with van der Waals surface area (Å²) in [6, 6.07) is 3.18. The first-order chi connectivity index (χ1) is 7.86. The normalized spacial score (nSPS) is 11.5. The summed E-state index contributed by atoms with van der Waals surface area (Å²) in [6.45, 7) is 4.35. The molecule has 0 radical (unpaired) electrons. The minimum absolute atomic E-state index is 0.121. The minimum Gasteiger partial charge on any atom is -0.491 e. The molecule has 96 valence electrons. The van der Waals surface area contributed by atoms with Crippen LogP contribution in [-0.2, 0) is 13.8 Å². The summed E-state index contributed by atoms with van der Waals surface area (Å²) in [5, 5.41) is 0. The van der Waals surface area contributed by atoms with Crippen LogP contribution < -0.4 is 4.74 Å². The lowest BCUT2D eigenvalue weighted by atomic mass is 10.1. The molecule has 0 aliphatic rings. The maximum Gasteiger partial charge on any atom is 0.261 e. The molecule has 0 heterocycles. The molecule has 0 atom stereocenters. The average Bonchev–Trinajstić information content (AvgIpc) is 2.21. The van der Waals surface area contributed by atoms with Crippen molar-refractivity contribution in [3.8, 4) is 5.75 Å². The lowest BCUT2D eigenvalue weighted by Gasteiger charge is -2.11. The van der Waals surface area contributed by atoms with Crippen molar-refractivity contribution in [3.63, 3.8) is 0 Å². The highest BCUT2D eigenvalue weighted by Crippen LogP contribution is 2.27. The fraction of sp³-hybridized carbons (Fsp3) is 0.455. The topological polar surface area (TPSA) is 52.6 Å². The van der Waals surface area contributed by atoms with Gasteiger partial charge in [-0.1, -0.05) is 0 Å². The molecule has 0 aliphatic heterocycles. The summed E-state index contributed by atoms with van der Waals surface area (Å²) >= 11 is 0. The fourth-order valence-electron chi connectivity index (χ4n) is 1.42. The Bertz CT molecular complexity index is 496. The maximum absolute atomic E-state index is 11.3. The van der Waals surface area contributed by atoms with E-state index < -0.39 is 9.05 Å². The van der Waals surface area contributed by atoms with Gasteiger partial charge in [-0.25, -0.2) is 8.42 Å². The Morgan fingerprint density at radius 2 is 1.82 bits per heavy atom. The van der Waals surface area contributed by atoms with Crippen LogP contribution in [0.25, 0.3) is 0 Å². The molecule has 0 spiro atoms. The van der Waals surface area contributed by atoms with Crippen LogP contribution in [0.4, 0.5) is 0 Å². The lowest BCUT2D eigenvalue weighted by Crippen LogP contribution is -2.06. The summed E-state index contributed by atoms with van der Waals surface area (Å²) < 4.78 is 32.9. The van der Waals surface area contributed by atoms with Crippen molar-refractivity contribution in [1.29, 1.82) is 0 Å². The molecule has 0 fully saturated rings. The van der Waals surface area contributed by atoms with Crippen LogP contribution in [0, 0.1) is 13.8 Å². The fourth-order valence-corrected chi connectivity index (χ4v) is 2.68. The summed E-state index contributed by atoms with van der Waals surface area (Å²) in [4.78, 5) is 0.121. The summed E-state index contributed by atoms with van der Waals surface area (Å²) in [7, 11) is 3.21. The highest BCUT2D eigenvalue weighted by atomic mass is 35.7. The Labute approximate surface area is 106 Å². The van der Waals surface area contributed by atoms with Crippen LogP contribution in [0.15, 0.2) is 17.0 Å². The van der Waals surface area contributed by atoms with Gasteiger partial charge in [0, 0.05) is 17.8 Å². The standard InChI is InChI=1S/C11H15ClO4S/c1-8-7-11(17(12,13)14)9(2)6-10(8)16-5-4-15-3/h6-7H,4-5H2,1-3H3. The van der Waals surface area contributed by atoms with Crippen LogP contribution in [-0.4, -0.2) is 28.7 Å². The number of rotatable bonds is 5. The highest BCUT2D eigenvalue weighted by Gasteiger charge is 2.15. The Hall–Kier alpha value is -0.780. The van der Waals surface area contributed by atoms with Gasteiger partial charge in [0.1, 0.15) is 12.4 Å². The van der Waals surface area contributed by atoms with Gasteiger partial charge in [0.2, 0.25) is 0 Å². The maximum atomic E-state index is 11.3. The number of hydrogen-bond donors (Lipinski definition) is 0. The van der Waals surface area contributed by atoms with E-state index in [2.05, 4.69) is 0 Å². The van der Waals surface area contributed by atoms with E-state index in [1.807, 2.05) is 0 Å². The van der Waals surface area contributed by atoms with E-state index in [9.17, 15) is 8.42 Å². The van der Waals surface area contributed by atoms with Crippen molar-refractivity contribution < 1.29 is 17.9 Å². The van der Waals surface area contributed by atoms with Crippen LogP contribution in [0.2, 0.25) is 0 Å². The van der Waals surface area contributed by atoms with Gasteiger partial charge in [0.25, 0.3) is 9.05 Å². The SMILES string of the molecule is COCCOc1cc(C)c(S(=O)(=O)Cl)cc1C. The first-order valence-electron chi connectivity index (χ1n) is 5.04. The van der Waals surface area contributed by atoms with E-state index in [1.165, 1.54) is 6.07 Å². The van der Waals surface area contributed by atoms with E-state index >= 15 is 0 Å². The summed E-state index contributed by atoms with van der Waals surface area (Å²) in [5.74, 6) is 0.642. The third-order valence-corrected chi connectivity index (χ3v) is 3.74. The molecule has 6 heteroatoms. The predicted molar refractivity (Wildman–Crippen MR) is 66.3 cm³/mol. The quantitative estimate of drug-likeness (QED) is 0.612. The molecule has 1 aromatic rings. The Kier molecular flexibility index (Phi) is 4.80. The molecule has 0 bridgehead atoms. The monoisotopic (exact) mass is 278 g/mol. The molecule has 17 heavy (non-hydrogen) atoms. The van der Waals surface area contributed by atoms with Gasteiger partial charge in [0.05, 0.1) is 11.5 Å². The first kappa shape index (κ1) is 14.3. The second-order valence-electron chi connectivity index (χ2n) is 3.66. The third-order valence-electron chi connectivity index (χ3n) is 2.28. The Morgan fingerprint density at radius 1 is 1.18 bits per heavy atom. The van der Waals surface area contributed by atoms with Crippen molar-refractivity contribution in [1.82, 2.24) is 0 Å². The smallest absolute Gasteiger partial charge is 0.261 e. The van der Waals surface area contributed by atoms with Crippen molar-refractivity contribution >= 4 is 19.7 Å². The predicted octanol–water partition coefficient (Wildman–Crippen LogP) is 2.26. The first-order valence-corrected chi connectivity index (χ1v) is 7.35. The molecule has 0 saturated carbocycles. The Morgan fingerprint density at radius 3 is 2.35 bits per heavy atom. The Balaban J connectivity index is 3.02. The van der Waals surface area contributed by atoms with E-state index in [4.69, 9.17) is 20.2 Å². The van der Waals surface area contributed by atoms with Gasteiger partial charge in [0.15, 0.2) is 0 Å². The zero-order valence-corrected chi connectivity index (χ0v) is 11.6. The van der Waals surface area contributed by atoms with Gasteiger partial charge in [-0.15, -0.1) is 0 Å². The van der Waals surface area contributed by atoms with Gasteiger partial charge < -0.3 is 9.47 Å². The average molecular weight is 279 g/mol. The van der Waals surface area contributed by atoms with Crippen molar-refractivity contribution in [2.45, 2.75) is 18.7 Å². The lowest BCUT2D eigenvalue weighted by molar-refractivity contribution is 0.146.